The molecule has 0 atom stereocenters. The second-order valence-corrected chi connectivity index (χ2v) is 9.98. The molecule has 0 unspecified atom stereocenters. The lowest BCUT2D eigenvalue weighted by Crippen LogP contribution is -2.39. The summed E-state index contributed by atoms with van der Waals surface area (Å²) in [5, 5.41) is 3.97. The number of carbonyl (C=O) groups is 1. The van der Waals surface area contributed by atoms with E-state index in [1.165, 1.54) is 32.6 Å². The average Bonchev–Trinajstić information content (AvgIpc) is 2.83. The van der Waals surface area contributed by atoms with Gasteiger partial charge in [-0.1, -0.05) is 39.7 Å². The molecule has 3 rings (SSSR count). The molecule has 0 aliphatic rings. The van der Waals surface area contributed by atoms with Crippen LogP contribution in [-0.2, 0) is 14.8 Å². The number of aryl methyl sites for hydroxylation is 1. The van der Waals surface area contributed by atoms with Crippen LogP contribution >= 0.6 is 15.9 Å². The summed E-state index contributed by atoms with van der Waals surface area (Å²) in [5.41, 5.74) is 4.22. The minimum atomic E-state index is -4.05. The van der Waals surface area contributed by atoms with Gasteiger partial charge in [0.25, 0.3) is 15.9 Å². The molecule has 0 saturated heterocycles. The number of amides is 1. The van der Waals surface area contributed by atoms with Crippen molar-refractivity contribution < 1.29 is 22.7 Å². The number of rotatable bonds is 9. The van der Waals surface area contributed by atoms with Crippen molar-refractivity contribution in [3.8, 4) is 11.5 Å². The first kappa shape index (κ1) is 25.3. The molecule has 8 nitrogen and oxygen atoms in total. The lowest BCUT2D eigenvalue weighted by Gasteiger charge is -2.24. The van der Waals surface area contributed by atoms with Gasteiger partial charge in [0.2, 0.25) is 0 Å². The van der Waals surface area contributed by atoms with Gasteiger partial charge in [-0.25, -0.2) is 13.8 Å². The molecule has 178 valence electrons. The number of nitrogens with zero attached hydrogens (tertiary/aromatic N) is 2. The van der Waals surface area contributed by atoms with E-state index in [1.807, 2.05) is 13.0 Å². The highest BCUT2D eigenvalue weighted by Crippen LogP contribution is 2.27. The molecule has 0 aliphatic heterocycles. The maximum Gasteiger partial charge on any atom is 0.264 e. The third-order valence-electron chi connectivity index (χ3n) is 4.82. The van der Waals surface area contributed by atoms with E-state index < -0.39 is 22.5 Å². The van der Waals surface area contributed by atoms with Crippen molar-refractivity contribution in [2.45, 2.75) is 11.8 Å². The molecule has 34 heavy (non-hydrogen) atoms. The summed E-state index contributed by atoms with van der Waals surface area (Å²) in [5.74, 6) is 0.409. The van der Waals surface area contributed by atoms with Gasteiger partial charge in [-0.2, -0.15) is 5.10 Å². The van der Waals surface area contributed by atoms with E-state index in [9.17, 15) is 13.2 Å². The van der Waals surface area contributed by atoms with Crippen LogP contribution in [0.1, 0.15) is 11.1 Å². The minimum Gasteiger partial charge on any atom is -0.497 e. The van der Waals surface area contributed by atoms with Crippen LogP contribution in [0.2, 0.25) is 0 Å². The second kappa shape index (κ2) is 11.2. The van der Waals surface area contributed by atoms with E-state index in [0.717, 1.165) is 14.3 Å². The van der Waals surface area contributed by atoms with E-state index in [4.69, 9.17) is 9.47 Å². The van der Waals surface area contributed by atoms with Crippen LogP contribution in [0.15, 0.2) is 81.2 Å². The van der Waals surface area contributed by atoms with Gasteiger partial charge in [-0.05, 0) is 49.4 Å². The summed E-state index contributed by atoms with van der Waals surface area (Å²) < 4.78 is 39.2. The number of methoxy groups -OCH3 is 2. The normalized spacial score (nSPS) is 11.3. The molecule has 3 aromatic rings. The van der Waals surface area contributed by atoms with E-state index in [0.29, 0.717) is 17.1 Å². The van der Waals surface area contributed by atoms with E-state index in [1.54, 1.807) is 48.5 Å². The van der Waals surface area contributed by atoms with Crippen LogP contribution < -0.4 is 19.2 Å². The summed E-state index contributed by atoms with van der Waals surface area (Å²) in [6.45, 7) is 1.37. The van der Waals surface area contributed by atoms with Gasteiger partial charge in [0, 0.05) is 16.1 Å². The van der Waals surface area contributed by atoms with Crippen molar-refractivity contribution in [2.75, 3.05) is 25.1 Å². The van der Waals surface area contributed by atoms with E-state index in [2.05, 4.69) is 26.5 Å². The number of anilines is 1. The third kappa shape index (κ3) is 6.15. The molecule has 0 saturated carbocycles. The molecule has 0 bridgehead atoms. The first-order valence-corrected chi connectivity index (χ1v) is 12.4. The van der Waals surface area contributed by atoms with E-state index in [-0.39, 0.29) is 10.6 Å². The Bertz CT molecular complexity index is 1290. The van der Waals surface area contributed by atoms with Crippen molar-refractivity contribution in [3.05, 3.63) is 82.3 Å². The van der Waals surface area contributed by atoms with Crippen LogP contribution in [0.4, 0.5) is 5.69 Å². The van der Waals surface area contributed by atoms with Crippen LogP contribution in [0.3, 0.4) is 0 Å². The number of carbonyl (C=O) groups excluding carboxylic acids is 1. The van der Waals surface area contributed by atoms with Crippen LogP contribution in [0, 0.1) is 6.92 Å². The van der Waals surface area contributed by atoms with Crippen molar-refractivity contribution in [1.82, 2.24) is 5.43 Å². The maximum atomic E-state index is 13.4. The molecule has 0 fully saturated rings. The molecule has 1 N–H and O–H groups in total. The van der Waals surface area contributed by atoms with Gasteiger partial charge in [0.05, 0.1) is 31.0 Å². The molecule has 0 aliphatic carbocycles. The van der Waals surface area contributed by atoms with Gasteiger partial charge in [-0.15, -0.1) is 0 Å². The smallest absolute Gasteiger partial charge is 0.264 e. The minimum absolute atomic E-state index is 0.0658. The Morgan fingerprint density at radius 3 is 2.47 bits per heavy atom. The SMILES string of the molecule is COc1cccc(N(CC(=O)N/N=C\c2cc(Br)ccc2OC)S(=O)(=O)c2ccc(C)cc2)c1. The first-order valence-electron chi connectivity index (χ1n) is 10.1. The van der Waals surface area contributed by atoms with Crippen LogP contribution in [0.5, 0.6) is 11.5 Å². The average molecular weight is 546 g/mol. The Hall–Kier alpha value is -3.37. The number of hydrogen-bond acceptors (Lipinski definition) is 6. The predicted octanol–water partition coefficient (Wildman–Crippen LogP) is 4.12. The highest BCUT2D eigenvalue weighted by molar-refractivity contribution is 9.10. The van der Waals surface area contributed by atoms with Gasteiger partial charge in [-0.3, -0.25) is 9.10 Å². The van der Waals surface area contributed by atoms with Crippen molar-refractivity contribution in [1.29, 1.82) is 0 Å². The Morgan fingerprint density at radius 1 is 1.06 bits per heavy atom. The lowest BCUT2D eigenvalue weighted by atomic mass is 10.2. The summed E-state index contributed by atoms with van der Waals surface area (Å²) in [6.07, 6.45) is 1.42. The standard InChI is InChI=1S/C24H24BrN3O5S/c1-17-7-10-22(11-8-17)34(30,31)28(20-5-4-6-21(14-20)32-2)16-24(29)27-26-15-18-13-19(25)9-12-23(18)33-3/h4-15H,16H2,1-3H3,(H,27,29)/b26-15-. The van der Waals surface area contributed by atoms with Gasteiger partial charge in [0.1, 0.15) is 18.0 Å². The van der Waals surface area contributed by atoms with Gasteiger partial charge in [0.15, 0.2) is 0 Å². The summed E-state index contributed by atoms with van der Waals surface area (Å²) in [4.78, 5) is 12.8. The fourth-order valence-electron chi connectivity index (χ4n) is 3.06. The fraction of sp³-hybridized carbons (Fsp3) is 0.167. The van der Waals surface area contributed by atoms with Gasteiger partial charge < -0.3 is 9.47 Å². The predicted molar refractivity (Wildman–Crippen MR) is 135 cm³/mol. The molecule has 0 radical (unpaired) electrons. The van der Waals surface area contributed by atoms with E-state index >= 15 is 0 Å². The Kier molecular flexibility index (Phi) is 8.30. The number of sulfonamides is 1. The highest BCUT2D eigenvalue weighted by atomic mass is 79.9. The Labute approximate surface area is 207 Å². The molecule has 1 amide bonds. The Morgan fingerprint density at radius 2 is 1.79 bits per heavy atom. The molecular formula is C24H24BrN3O5S. The zero-order valence-corrected chi connectivity index (χ0v) is 21.3. The number of hydrogen-bond donors (Lipinski definition) is 1. The maximum absolute atomic E-state index is 13.4. The number of benzene rings is 3. The van der Waals surface area contributed by atoms with Crippen molar-refractivity contribution in [3.63, 3.8) is 0 Å². The third-order valence-corrected chi connectivity index (χ3v) is 7.10. The summed E-state index contributed by atoms with van der Waals surface area (Å²) >= 11 is 3.38. The van der Waals surface area contributed by atoms with Crippen LogP contribution in [0.25, 0.3) is 0 Å². The molecule has 10 heteroatoms. The molecule has 0 aromatic heterocycles. The highest BCUT2D eigenvalue weighted by Gasteiger charge is 2.27. The summed E-state index contributed by atoms with van der Waals surface area (Å²) in [6, 6.07) is 18.3. The monoisotopic (exact) mass is 545 g/mol. The lowest BCUT2D eigenvalue weighted by molar-refractivity contribution is -0.119. The summed E-state index contributed by atoms with van der Waals surface area (Å²) in [7, 11) is -1.03. The molecule has 0 heterocycles. The van der Waals surface area contributed by atoms with Crippen molar-refractivity contribution in [2.24, 2.45) is 5.10 Å². The quantitative estimate of drug-likeness (QED) is 0.322. The number of ether oxygens (including phenoxy) is 2. The fourth-order valence-corrected chi connectivity index (χ4v) is 4.86. The number of hydrazone groups is 1. The molecule has 3 aromatic carbocycles. The zero-order valence-electron chi connectivity index (χ0n) is 18.9. The molecule has 0 spiro atoms. The van der Waals surface area contributed by atoms with Gasteiger partial charge >= 0.3 is 0 Å². The number of halogens is 1. The largest absolute Gasteiger partial charge is 0.497 e. The Balaban J connectivity index is 1.87. The zero-order chi connectivity index (χ0) is 24.7. The van der Waals surface area contributed by atoms with Crippen molar-refractivity contribution >= 4 is 43.8 Å². The number of nitrogens with one attached hydrogen (secondary N) is 1. The second-order valence-electron chi connectivity index (χ2n) is 7.21. The van der Waals surface area contributed by atoms with Crippen LogP contribution in [-0.4, -0.2) is 41.3 Å². The molecular weight excluding hydrogens is 522 g/mol. The first-order chi connectivity index (χ1) is 16.2. The topological polar surface area (TPSA) is 97.3 Å².